The maximum absolute atomic E-state index is 12.6. The highest BCUT2D eigenvalue weighted by molar-refractivity contribution is 7.98. The molecule has 1 amide bonds. The number of carbonyl (C=O) groups excluding carboxylic acids is 1. The highest BCUT2D eigenvalue weighted by Crippen LogP contribution is 2.27. The first kappa shape index (κ1) is 23.3. The molecule has 3 aromatic rings. The van der Waals surface area contributed by atoms with E-state index in [0.29, 0.717) is 24.0 Å². The standard InChI is InChI=1S/C24H28N6OS2/c1-16(11-26-23-27-14-19(32-2)15-28-23)12-29-24-30-20-9-8-18(10-21(20)33-24)22(31)25-13-17-6-4-3-5-7-17/h4,6-10,14-16H,3,5,11-13H2,1-2H3,(H,25,31)(H,29,30)(H,26,27,28). The van der Waals surface area contributed by atoms with Crippen LogP contribution in [0.5, 0.6) is 0 Å². The lowest BCUT2D eigenvalue weighted by Crippen LogP contribution is -2.25. The molecule has 0 aliphatic heterocycles. The average Bonchev–Trinajstić information content (AvgIpc) is 3.28. The van der Waals surface area contributed by atoms with E-state index in [-0.39, 0.29) is 5.91 Å². The second kappa shape index (κ2) is 11.3. The van der Waals surface area contributed by atoms with Crippen molar-refractivity contribution < 1.29 is 4.79 Å². The lowest BCUT2D eigenvalue weighted by molar-refractivity contribution is 0.0957. The van der Waals surface area contributed by atoms with Crippen LogP contribution >= 0.6 is 23.1 Å². The summed E-state index contributed by atoms with van der Waals surface area (Å²) in [6, 6.07) is 5.66. The maximum atomic E-state index is 12.6. The molecule has 1 aromatic carbocycles. The van der Waals surface area contributed by atoms with E-state index in [0.717, 1.165) is 51.7 Å². The fraction of sp³-hybridized carbons (Fsp3) is 0.333. The van der Waals surface area contributed by atoms with Crippen LogP contribution in [0.1, 0.15) is 30.1 Å². The van der Waals surface area contributed by atoms with E-state index in [1.165, 1.54) is 0 Å². The number of fused-ring (bicyclic) bond motifs is 1. The Bertz CT molecular complexity index is 1160. The molecule has 172 valence electrons. The number of thioether (sulfide) groups is 1. The van der Waals surface area contributed by atoms with Gasteiger partial charge in [-0.25, -0.2) is 15.0 Å². The van der Waals surface area contributed by atoms with Crippen LogP contribution in [0.25, 0.3) is 10.2 Å². The molecule has 1 unspecified atom stereocenters. The minimum atomic E-state index is -0.0628. The van der Waals surface area contributed by atoms with Crippen LogP contribution in [0.15, 0.2) is 59.3 Å². The van der Waals surface area contributed by atoms with Gasteiger partial charge in [-0.2, -0.15) is 0 Å². The molecule has 1 atom stereocenters. The number of anilines is 2. The first-order chi connectivity index (χ1) is 16.1. The number of allylic oxidation sites excluding steroid dienone is 2. The molecule has 4 rings (SSSR count). The zero-order chi connectivity index (χ0) is 23.0. The molecule has 2 heterocycles. The number of rotatable bonds is 10. The summed E-state index contributed by atoms with van der Waals surface area (Å²) in [7, 11) is 0. The lowest BCUT2D eigenvalue weighted by Gasteiger charge is -2.13. The van der Waals surface area contributed by atoms with Crippen LogP contribution in [0, 0.1) is 5.92 Å². The van der Waals surface area contributed by atoms with Gasteiger partial charge in [-0.15, -0.1) is 11.8 Å². The van der Waals surface area contributed by atoms with E-state index in [1.807, 2.05) is 36.8 Å². The highest BCUT2D eigenvalue weighted by atomic mass is 32.2. The van der Waals surface area contributed by atoms with Crippen molar-refractivity contribution in [2.24, 2.45) is 5.92 Å². The zero-order valence-electron chi connectivity index (χ0n) is 18.8. The molecular formula is C24H28N6OS2. The van der Waals surface area contributed by atoms with E-state index in [1.54, 1.807) is 23.1 Å². The number of aromatic nitrogens is 3. The van der Waals surface area contributed by atoms with Gasteiger partial charge >= 0.3 is 0 Å². The molecule has 0 spiro atoms. The second-order valence-electron chi connectivity index (χ2n) is 7.96. The van der Waals surface area contributed by atoms with E-state index >= 15 is 0 Å². The molecule has 1 aliphatic rings. The summed E-state index contributed by atoms with van der Waals surface area (Å²) in [5.74, 6) is 0.929. The van der Waals surface area contributed by atoms with E-state index in [4.69, 9.17) is 0 Å². The molecule has 2 aromatic heterocycles. The Morgan fingerprint density at radius 1 is 1.18 bits per heavy atom. The number of nitrogens with zero attached hydrogens (tertiary/aromatic N) is 3. The van der Waals surface area contributed by atoms with Crippen LogP contribution in [-0.4, -0.2) is 46.7 Å². The maximum Gasteiger partial charge on any atom is 0.251 e. The topological polar surface area (TPSA) is 91.8 Å². The molecule has 33 heavy (non-hydrogen) atoms. The number of benzene rings is 1. The highest BCUT2D eigenvalue weighted by Gasteiger charge is 2.11. The fourth-order valence-corrected chi connectivity index (χ4v) is 4.56. The minimum absolute atomic E-state index is 0.0628. The number of thiazole rings is 1. The minimum Gasteiger partial charge on any atom is -0.361 e. The number of hydrogen-bond acceptors (Lipinski definition) is 8. The third-order valence-electron chi connectivity index (χ3n) is 5.25. The van der Waals surface area contributed by atoms with Gasteiger partial charge in [0.2, 0.25) is 5.95 Å². The summed E-state index contributed by atoms with van der Waals surface area (Å²) in [5, 5.41) is 10.5. The van der Waals surface area contributed by atoms with Crippen LogP contribution < -0.4 is 16.0 Å². The largest absolute Gasteiger partial charge is 0.361 e. The molecule has 0 radical (unpaired) electrons. The Kier molecular flexibility index (Phi) is 7.96. The Morgan fingerprint density at radius 3 is 2.76 bits per heavy atom. The van der Waals surface area contributed by atoms with Crippen LogP contribution in [0.2, 0.25) is 0 Å². The van der Waals surface area contributed by atoms with Crippen molar-refractivity contribution in [1.29, 1.82) is 0 Å². The van der Waals surface area contributed by atoms with Gasteiger partial charge in [0, 0.05) is 42.5 Å². The Balaban J connectivity index is 1.28. The van der Waals surface area contributed by atoms with Crippen LogP contribution in [0.4, 0.5) is 11.1 Å². The average molecular weight is 481 g/mol. The molecule has 7 nitrogen and oxygen atoms in total. The van der Waals surface area contributed by atoms with Gasteiger partial charge in [-0.1, -0.05) is 36.5 Å². The third kappa shape index (κ3) is 6.55. The quantitative estimate of drug-likeness (QED) is 0.353. The summed E-state index contributed by atoms with van der Waals surface area (Å²) in [6.07, 6.45) is 14.2. The Morgan fingerprint density at radius 2 is 2.00 bits per heavy atom. The van der Waals surface area contributed by atoms with Gasteiger partial charge in [0.25, 0.3) is 5.91 Å². The van der Waals surface area contributed by atoms with Gasteiger partial charge in [0.05, 0.1) is 10.2 Å². The van der Waals surface area contributed by atoms with E-state index in [2.05, 4.69) is 56.1 Å². The molecule has 0 saturated heterocycles. The van der Waals surface area contributed by atoms with Crippen molar-refractivity contribution in [3.05, 3.63) is 60.0 Å². The molecule has 0 saturated carbocycles. The number of hydrogen-bond donors (Lipinski definition) is 3. The van der Waals surface area contributed by atoms with E-state index < -0.39 is 0 Å². The van der Waals surface area contributed by atoms with Gasteiger partial charge in [-0.05, 0) is 48.8 Å². The zero-order valence-corrected chi connectivity index (χ0v) is 20.4. The van der Waals surface area contributed by atoms with Gasteiger partial charge in [-0.3, -0.25) is 4.79 Å². The summed E-state index contributed by atoms with van der Waals surface area (Å²) < 4.78 is 0.995. The van der Waals surface area contributed by atoms with Crippen molar-refractivity contribution >= 4 is 50.3 Å². The van der Waals surface area contributed by atoms with Crippen LogP contribution in [-0.2, 0) is 0 Å². The second-order valence-corrected chi connectivity index (χ2v) is 9.87. The first-order valence-electron chi connectivity index (χ1n) is 11.0. The summed E-state index contributed by atoms with van der Waals surface area (Å²) in [6.45, 7) is 4.24. The summed E-state index contributed by atoms with van der Waals surface area (Å²) in [5.41, 5.74) is 2.71. The molecule has 1 aliphatic carbocycles. The molecule has 9 heteroatoms. The van der Waals surface area contributed by atoms with Gasteiger partial charge in [0.1, 0.15) is 0 Å². The monoisotopic (exact) mass is 480 g/mol. The summed E-state index contributed by atoms with van der Waals surface area (Å²) >= 11 is 3.19. The smallest absolute Gasteiger partial charge is 0.251 e. The van der Waals surface area contributed by atoms with Crippen molar-refractivity contribution in [3.63, 3.8) is 0 Å². The Hall–Kier alpha value is -2.91. The predicted molar refractivity (Wildman–Crippen MR) is 138 cm³/mol. The summed E-state index contributed by atoms with van der Waals surface area (Å²) in [4.78, 5) is 26.9. The predicted octanol–water partition coefficient (Wildman–Crippen LogP) is 4.97. The molecule has 0 fully saturated rings. The van der Waals surface area contributed by atoms with Crippen molar-refractivity contribution in [3.8, 4) is 0 Å². The normalized spacial score (nSPS) is 14.1. The molecule has 3 N–H and O–H groups in total. The molecule has 0 bridgehead atoms. The van der Waals surface area contributed by atoms with Crippen molar-refractivity contribution in [2.45, 2.75) is 24.7 Å². The van der Waals surface area contributed by atoms with Crippen LogP contribution in [0.3, 0.4) is 0 Å². The Labute approximate surface area is 202 Å². The van der Waals surface area contributed by atoms with Crippen molar-refractivity contribution in [1.82, 2.24) is 20.3 Å². The lowest BCUT2D eigenvalue weighted by atomic mass is 10.1. The van der Waals surface area contributed by atoms with E-state index in [9.17, 15) is 4.79 Å². The van der Waals surface area contributed by atoms with Gasteiger partial charge in [0.15, 0.2) is 5.13 Å². The van der Waals surface area contributed by atoms with Gasteiger partial charge < -0.3 is 16.0 Å². The SMILES string of the molecule is CSc1cnc(NCC(C)CNc2nc3ccc(C(=O)NCC4=CCCC=C4)cc3s2)nc1. The number of amides is 1. The third-order valence-corrected chi connectivity index (χ3v) is 6.91. The number of nitrogens with one attached hydrogen (secondary N) is 3. The first-order valence-corrected chi connectivity index (χ1v) is 13.0. The molecular weight excluding hydrogens is 452 g/mol. The fourth-order valence-electron chi connectivity index (χ4n) is 3.34. The van der Waals surface area contributed by atoms with Crippen molar-refractivity contribution in [2.75, 3.05) is 36.5 Å². The number of carbonyl (C=O) groups is 1.